The minimum Gasteiger partial charge on any atom is -0.389 e. The Balaban J connectivity index is 2.87. The lowest BCUT2D eigenvalue weighted by Crippen LogP contribution is -2.22. The second-order valence-corrected chi connectivity index (χ2v) is 3.65. The van der Waals surface area contributed by atoms with Crippen molar-refractivity contribution in [1.82, 2.24) is 0 Å². The monoisotopic (exact) mass is 256 g/mol. The fourth-order valence-electron chi connectivity index (χ4n) is 1.26. The first-order valence-electron chi connectivity index (χ1n) is 5.02. The van der Waals surface area contributed by atoms with Gasteiger partial charge in [-0.2, -0.15) is 0 Å². The second kappa shape index (κ2) is 6.27. The molecule has 0 fully saturated rings. The standard InChI is InChI=1S/C11H13FN2O2S/c1-2-16-6-9(15)14-8-5-3-4-7(12)10(8)11(13)17/h3-5H,2,6H2,1H3,(H2,13,17)(H,14,15). The molecule has 1 aromatic carbocycles. The Morgan fingerprint density at radius 3 is 2.88 bits per heavy atom. The van der Waals surface area contributed by atoms with E-state index in [9.17, 15) is 9.18 Å². The number of hydrogen-bond acceptors (Lipinski definition) is 3. The van der Waals surface area contributed by atoms with Gasteiger partial charge >= 0.3 is 0 Å². The van der Waals surface area contributed by atoms with Crippen molar-refractivity contribution < 1.29 is 13.9 Å². The summed E-state index contributed by atoms with van der Waals surface area (Å²) >= 11 is 4.73. The lowest BCUT2D eigenvalue weighted by atomic mass is 10.1. The zero-order valence-electron chi connectivity index (χ0n) is 9.33. The summed E-state index contributed by atoms with van der Waals surface area (Å²) in [5.41, 5.74) is 5.69. The van der Waals surface area contributed by atoms with Crippen LogP contribution in [0.15, 0.2) is 18.2 Å². The van der Waals surface area contributed by atoms with Gasteiger partial charge in [0.25, 0.3) is 0 Å². The maximum absolute atomic E-state index is 13.5. The van der Waals surface area contributed by atoms with Crippen molar-refractivity contribution in [3.8, 4) is 0 Å². The summed E-state index contributed by atoms with van der Waals surface area (Å²) < 4.78 is 18.4. The number of nitrogens with one attached hydrogen (secondary N) is 1. The molecular formula is C11H13FN2O2S. The molecule has 6 heteroatoms. The summed E-state index contributed by atoms with van der Waals surface area (Å²) in [4.78, 5) is 11.3. The number of rotatable bonds is 5. The molecule has 0 saturated heterocycles. The van der Waals surface area contributed by atoms with Crippen molar-refractivity contribution in [2.75, 3.05) is 18.5 Å². The van der Waals surface area contributed by atoms with Crippen LogP contribution >= 0.6 is 12.2 Å². The number of halogens is 1. The summed E-state index contributed by atoms with van der Waals surface area (Å²) in [6.07, 6.45) is 0. The molecule has 0 aliphatic heterocycles. The molecule has 1 amide bonds. The van der Waals surface area contributed by atoms with E-state index in [1.165, 1.54) is 18.2 Å². The van der Waals surface area contributed by atoms with Crippen LogP contribution in [-0.4, -0.2) is 24.1 Å². The minimum absolute atomic E-state index is 0.0346. The number of amides is 1. The number of anilines is 1. The average molecular weight is 256 g/mol. The molecule has 0 aromatic heterocycles. The Bertz CT molecular complexity index is 437. The van der Waals surface area contributed by atoms with Crippen LogP contribution in [0.25, 0.3) is 0 Å². The van der Waals surface area contributed by atoms with Gasteiger partial charge in [-0.15, -0.1) is 0 Å². The molecule has 0 heterocycles. The maximum atomic E-state index is 13.5. The molecule has 1 aromatic rings. The van der Waals surface area contributed by atoms with Crippen molar-refractivity contribution in [1.29, 1.82) is 0 Å². The van der Waals surface area contributed by atoms with E-state index in [2.05, 4.69) is 5.32 Å². The summed E-state index contributed by atoms with van der Waals surface area (Å²) in [6.45, 7) is 2.11. The van der Waals surface area contributed by atoms with Crippen LogP contribution < -0.4 is 11.1 Å². The van der Waals surface area contributed by atoms with E-state index in [4.69, 9.17) is 22.7 Å². The van der Waals surface area contributed by atoms with Crippen molar-refractivity contribution in [2.24, 2.45) is 5.73 Å². The van der Waals surface area contributed by atoms with Crippen molar-refractivity contribution in [3.05, 3.63) is 29.6 Å². The zero-order valence-corrected chi connectivity index (χ0v) is 10.1. The topological polar surface area (TPSA) is 64.3 Å². The third kappa shape index (κ3) is 3.76. The van der Waals surface area contributed by atoms with Gasteiger partial charge in [0.2, 0.25) is 5.91 Å². The third-order valence-electron chi connectivity index (χ3n) is 1.97. The number of carbonyl (C=O) groups excluding carboxylic acids is 1. The molecule has 0 unspecified atom stereocenters. The number of hydrogen-bond donors (Lipinski definition) is 2. The fourth-order valence-corrected chi connectivity index (χ4v) is 1.47. The highest BCUT2D eigenvalue weighted by molar-refractivity contribution is 7.80. The fraction of sp³-hybridized carbons (Fsp3) is 0.273. The Morgan fingerprint density at radius 1 is 1.59 bits per heavy atom. The van der Waals surface area contributed by atoms with Gasteiger partial charge < -0.3 is 15.8 Å². The highest BCUT2D eigenvalue weighted by Crippen LogP contribution is 2.18. The molecular weight excluding hydrogens is 243 g/mol. The maximum Gasteiger partial charge on any atom is 0.250 e. The first kappa shape index (κ1) is 13.5. The minimum atomic E-state index is -0.563. The highest BCUT2D eigenvalue weighted by atomic mass is 32.1. The molecule has 0 spiro atoms. The molecule has 92 valence electrons. The van der Waals surface area contributed by atoms with E-state index in [-0.39, 0.29) is 28.8 Å². The van der Waals surface area contributed by atoms with E-state index in [1.807, 2.05) is 0 Å². The average Bonchev–Trinajstić information content (AvgIpc) is 2.25. The number of benzene rings is 1. The summed E-state index contributed by atoms with van der Waals surface area (Å²) in [6, 6.07) is 4.22. The summed E-state index contributed by atoms with van der Waals surface area (Å²) in [7, 11) is 0. The molecule has 0 bridgehead atoms. The Morgan fingerprint density at radius 2 is 2.29 bits per heavy atom. The predicted octanol–water partition coefficient (Wildman–Crippen LogP) is 1.43. The molecule has 1 rings (SSSR count). The van der Waals surface area contributed by atoms with Gasteiger partial charge in [0.1, 0.15) is 17.4 Å². The SMILES string of the molecule is CCOCC(=O)Nc1cccc(F)c1C(N)=S. The zero-order chi connectivity index (χ0) is 12.8. The van der Waals surface area contributed by atoms with Crippen LogP contribution in [-0.2, 0) is 9.53 Å². The molecule has 0 atom stereocenters. The van der Waals surface area contributed by atoms with Crippen LogP contribution in [0.1, 0.15) is 12.5 Å². The van der Waals surface area contributed by atoms with E-state index < -0.39 is 5.82 Å². The van der Waals surface area contributed by atoms with Gasteiger partial charge in [0.05, 0.1) is 11.3 Å². The molecule has 0 saturated carbocycles. The molecule has 4 nitrogen and oxygen atoms in total. The molecule has 0 radical (unpaired) electrons. The predicted molar refractivity (Wildman–Crippen MR) is 67.4 cm³/mol. The smallest absolute Gasteiger partial charge is 0.250 e. The Labute approximate surface area is 104 Å². The number of thiocarbonyl (C=S) groups is 1. The van der Waals surface area contributed by atoms with Gasteiger partial charge in [-0.05, 0) is 19.1 Å². The summed E-state index contributed by atoms with van der Waals surface area (Å²) in [5.74, 6) is -0.943. The lowest BCUT2D eigenvalue weighted by Gasteiger charge is -2.10. The van der Waals surface area contributed by atoms with Crippen LogP contribution in [0.5, 0.6) is 0 Å². The van der Waals surface area contributed by atoms with Crippen LogP contribution in [0, 0.1) is 5.82 Å². The largest absolute Gasteiger partial charge is 0.389 e. The van der Waals surface area contributed by atoms with E-state index in [0.29, 0.717) is 6.61 Å². The molecule has 17 heavy (non-hydrogen) atoms. The van der Waals surface area contributed by atoms with Crippen molar-refractivity contribution in [3.63, 3.8) is 0 Å². The molecule has 0 aliphatic rings. The van der Waals surface area contributed by atoms with E-state index in [1.54, 1.807) is 6.92 Å². The van der Waals surface area contributed by atoms with E-state index >= 15 is 0 Å². The lowest BCUT2D eigenvalue weighted by molar-refractivity contribution is -0.120. The van der Waals surface area contributed by atoms with Gasteiger partial charge in [-0.3, -0.25) is 4.79 Å². The number of ether oxygens (including phenoxy) is 1. The van der Waals surface area contributed by atoms with Crippen LogP contribution in [0.4, 0.5) is 10.1 Å². The van der Waals surface area contributed by atoms with Crippen molar-refractivity contribution >= 4 is 28.8 Å². The van der Waals surface area contributed by atoms with Gasteiger partial charge in [-0.1, -0.05) is 18.3 Å². The van der Waals surface area contributed by atoms with Gasteiger partial charge in [0, 0.05) is 6.61 Å². The molecule has 0 aliphatic carbocycles. The van der Waals surface area contributed by atoms with E-state index in [0.717, 1.165) is 0 Å². The molecule has 3 N–H and O–H groups in total. The number of nitrogens with two attached hydrogens (primary N) is 1. The number of carbonyl (C=O) groups is 1. The van der Waals surface area contributed by atoms with Crippen molar-refractivity contribution in [2.45, 2.75) is 6.92 Å². The highest BCUT2D eigenvalue weighted by Gasteiger charge is 2.13. The first-order valence-corrected chi connectivity index (χ1v) is 5.43. The second-order valence-electron chi connectivity index (χ2n) is 3.21. The normalized spacial score (nSPS) is 10.0. The van der Waals surface area contributed by atoms with Gasteiger partial charge in [0.15, 0.2) is 0 Å². The first-order chi connectivity index (χ1) is 8.06. The van der Waals surface area contributed by atoms with Crippen LogP contribution in [0.3, 0.4) is 0 Å². The Hall–Kier alpha value is -1.53. The summed E-state index contributed by atoms with van der Waals surface area (Å²) in [5, 5.41) is 2.50. The van der Waals surface area contributed by atoms with Gasteiger partial charge in [-0.25, -0.2) is 4.39 Å². The van der Waals surface area contributed by atoms with Crippen LogP contribution in [0.2, 0.25) is 0 Å². The Kier molecular flexibility index (Phi) is 4.99. The third-order valence-corrected chi connectivity index (χ3v) is 2.18. The quantitative estimate of drug-likeness (QED) is 0.782.